The zero-order valence-electron chi connectivity index (χ0n) is 12.5. The molecule has 0 aromatic heterocycles. The normalized spacial score (nSPS) is 23.6. The predicted molar refractivity (Wildman–Crippen MR) is 77.5 cm³/mol. The maximum Gasteiger partial charge on any atom is 0.128 e. The van der Waals surface area contributed by atoms with Crippen LogP contribution in [0, 0.1) is 24.5 Å². The third-order valence-corrected chi connectivity index (χ3v) is 4.51. The summed E-state index contributed by atoms with van der Waals surface area (Å²) in [5.74, 6) is -0.224. The van der Waals surface area contributed by atoms with Gasteiger partial charge in [-0.3, -0.25) is 4.90 Å². The van der Waals surface area contributed by atoms with Gasteiger partial charge in [-0.1, -0.05) is 0 Å². The van der Waals surface area contributed by atoms with Crippen LogP contribution in [0.1, 0.15) is 43.9 Å². The van der Waals surface area contributed by atoms with E-state index in [0.717, 1.165) is 25.9 Å². The number of benzene rings is 1. The molecule has 1 aromatic carbocycles. The van der Waals surface area contributed by atoms with E-state index < -0.39 is 0 Å². The van der Waals surface area contributed by atoms with E-state index in [9.17, 15) is 8.78 Å². The van der Waals surface area contributed by atoms with E-state index in [4.69, 9.17) is 5.73 Å². The van der Waals surface area contributed by atoms with E-state index in [1.807, 2.05) is 13.8 Å². The number of nitrogens with zero attached hydrogens (tertiary/aromatic N) is 1. The van der Waals surface area contributed by atoms with Crippen molar-refractivity contribution in [3.63, 3.8) is 0 Å². The highest BCUT2D eigenvalue weighted by atomic mass is 19.1. The van der Waals surface area contributed by atoms with Crippen LogP contribution in [-0.2, 0) is 0 Å². The molecule has 2 nitrogen and oxygen atoms in total. The van der Waals surface area contributed by atoms with Crippen LogP contribution >= 0.6 is 0 Å². The van der Waals surface area contributed by atoms with Gasteiger partial charge in [0, 0.05) is 24.2 Å². The number of hydrogen-bond donors (Lipinski definition) is 1. The standard InChI is InChI=1S/C16H24F2N2/c1-10-7-16(18)14(8-15(10)17)12(3)20-6-4-5-13(9-20)11(2)19/h7-8,11-13H,4-6,9,19H2,1-3H3. The molecule has 2 rings (SSSR count). The summed E-state index contributed by atoms with van der Waals surface area (Å²) in [5, 5.41) is 0. The van der Waals surface area contributed by atoms with Crippen molar-refractivity contribution in [1.82, 2.24) is 4.90 Å². The van der Waals surface area contributed by atoms with E-state index in [-0.39, 0.29) is 23.7 Å². The lowest BCUT2D eigenvalue weighted by molar-refractivity contribution is 0.119. The van der Waals surface area contributed by atoms with Crippen molar-refractivity contribution in [2.45, 2.75) is 45.7 Å². The topological polar surface area (TPSA) is 29.3 Å². The Bertz CT molecular complexity index is 474. The molecule has 1 aliphatic heterocycles. The Morgan fingerprint density at radius 1 is 1.25 bits per heavy atom. The van der Waals surface area contributed by atoms with E-state index >= 15 is 0 Å². The van der Waals surface area contributed by atoms with Crippen LogP contribution < -0.4 is 5.73 Å². The summed E-state index contributed by atoms with van der Waals surface area (Å²) in [4.78, 5) is 2.21. The van der Waals surface area contributed by atoms with Gasteiger partial charge in [-0.15, -0.1) is 0 Å². The number of rotatable bonds is 3. The fourth-order valence-electron chi connectivity index (χ4n) is 3.00. The Labute approximate surface area is 120 Å². The van der Waals surface area contributed by atoms with Crippen molar-refractivity contribution in [2.24, 2.45) is 11.7 Å². The Morgan fingerprint density at radius 2 is 1.95 bits per heavy atom. The Kier molecular flexibility index (Phi) is 4.76. The molecule has 0 aliphatic carbocycles. The van der Waals surface area contributed by atoms with E-state index in [1.54, 1.807) is 6.92 Å². The van der Waals surface area contributed by atoms with Gasteiger partial charge >= 0.3 is 0 Å². The van der Waals surface area contributed by atoms with Gasteiger partial charge in [0.05, 0.1) is 0 Å². The summed E-state index contributed by atoms with van der Waals surface area (Å²) in [6.45, 7) is 7.31. The molecule has 112 valence electrons. The van der Waals surface area contributed by atoms with Gasteiger partial charge in [-0.05, 0) is 63.8 Å². The minimum Gasteiger partial charge on any atom is -0.328 e. The average Bonchev–Trinajstić information content (AvgIpc) is 2.42. The van der Waals surface area contributed by atoms with Crippen molar-refractivity contribution in [2.75, 3.05) is 13.1 Å². The van der Waals surface area contributed by atoms with Crippen LogP contribution in [0.25, 0.3) is 0 Å². The summed E-state index contributed by atoms with van der Waals surface area (Å²) >= 11 is 0. The molecule has 4 heteroatoms. The molecule has 0 saturated carbocycles. The molecule has 3 unspecified atom stereocenters. The first-order valence-electron chi connectivity index (χ1n) is 7.35. The van der Waals surface area contributed by atoms with Crippen LogP contribution in [0.2, 0.25) is 0 Å². The van der Waals surface area contributed by atoms with Crippen LogP contribution in [0.5, 0.6) is 0 Å². The molecule has 1 aliphatic rings. The van der Waals surface area contributed by atoms with Crippen molar-refractivity contribution in [3.8, 4) is 0 Å². The number of piperidine rings is 1. The fraction of sp³-hybridized carbons (Fsp3) is 0.625. The second kappa shape index (κ2) is 6.19. The fourth-order valence-corrected chi connectivity index (χ4v) is 3.00. The van der Waals surface area contributed by atoms with Crippen LogP contribution in [0.15, 0.2) is 12.1 Å². The van der Waals surface area contributed by atoms with Crippen molar-refractivity contribution in [1.29, 1.82) is 0 Å². The largest absolute Gasteiger partial charge is 0.328 e. The first-order valence-corrected chi connectivity index (χ1v) is 7.35. The summed E-state index contributed by atoms with van der Waals surface area (Å²) in [5.41, 5.74) is 6.78. The molecule has 0 radical (unpaired) electrons. The monoisotopic (exact) mass is 282 g/mol. The highest BCUT2D eigenvalue weighted by Gasteiger charge is 2.27. The molecule has 1 aromatic rings. The highest BCUT2D eigenvalue weighted by molar-refractivity contribution is 5.27. The third kappa shape index (κ3) is 3.18. The van der Waals surface area contributed by atoms with Gasteiger partial charge in [0.25, 0.3) is 0 Å². The number of hydrogen-bond acceptors (Lipinski definition) is 2. The third-order valence-electron chi connectivity index (χ3n) is 4.51. The molecule has 0 spiro atoms. The number of nitrogens with two attached hydrogens (primary N) is 1. The minimum atomic E-state index is -0.339. The summed E-state index contributed by atoms with van der Waals surface area (Å²) in [7, 11) is 0. The first kappa shape index (κ1) is 15.4. The number of halogens is 2. The van der Waals surface area contributed by atoms with Gasteiger partial charge in [0.1, 0.15) is 11.6 Å². The van der Waals surface area contributed by atoms with Crippen molar-refractivity contribution < 1.29 is 8.78 Å². The molecule has 1 saturated heterocycles. The van der Waals surface area contributed by atoms with E-state index in [2.05, 4.69) is 4.90 Å². The molecule has 1 fully saturated rings. The highest BCUT2D eigenvalue weighted by Crippen LogP contribution is 2.30. The number of likely N-dealkylation sites (tertiary alicyclic amines) is 1. The summed E-state index contributed by atoms with van der Waals surface area (Å²) in [6, 6.07) is 2.65. The molecule has 3 atom stereocenters. The molecular weight excluding hydrogens is 258 g/mol. The lowest BCUT2D eigenvalue weighted by Gasteiger charge is -2.38. The van der Waals surface area contributed by atoms with E-state index in [1.165, 1.54) is 12.1 Å². The van der Waals surface area contributed by atoms with Crippen molar-refractivity contribution in [3.05, 3.63) is 34.9 Å². The predicted octanol–water partition coefficient (Wildman–Crippen LogP) is 3.39. The van der Waals surface area contributed by atoms with Crippen LogP contribution in [0.4, 0.5) is 8.78 Å². The zero-order valence-corrected chi connectivity index (χ0v) is 12.5. The Balaban J connectivity index is 2.18. The maximum absolute atomic E-state index is 14.1. The lowest BCUT2D eigenvalue weighted by Crippen LogP contribution is -2.43. The van der Waals surface area contributed by atoms with Gasteiger partial charge in [-0.25, -0.2) is 8.78 Å². The van der Waals surface area contributed by atoms with Crippen molar-refractivity contribution >= 4 is 0 Å². The smallest absolute Gasteiger partial charge is 0.128 e. The van der Waals surface area contributed by atoms with Gasteiger partial charge < -0.3 is 5.73 Å². The van der Waals surface area contributed by atoms with Gasteiger partial charge in [-0.2, -0.15) is 0 Å². The molecule has 20 heavy (non-hydrogen) atoms. The lowest BCUT2D eigenvalue weighted by atomic mass is 9.90. The zero-order chi connectivity index (χ0) is 14.9. The maximum atomic E-state index is 14.1. The van der Waals surface area contributed by atoms with Crippen LogP contribution in [0.3, 0.4) is 0 Å². The summed E-state index contributed by atoms with van der Waals surface area (Å²) in [6.07, 6.45) is 2.18. The Hall–Kier alpha value is -1.00. The van der Waals surface area contributed by atoms with Gasteiger partial charge in [0.2, 0.25) is 0 Å². The molecule has 1 heterocycles. The first-order chi connectivity index (χ1) is 9.40. The Morgan fingerprint density at radius 3 is 2.60 bits per heavy atom. The molecule has 2 N–H and O–H groups in total. The SMILES string of the molecule is Cc1cc(F)c(C(C)N2CCCC(C(C)N)C2)cc1F. The van der Waals surface area contributed by atoms with Crippen LogP contribution in [-0.4, -0.2) is 24.0 Å². The molecular formula is C16H24F2N2. The second-order valence-corrected chi connectivity index (χ2v) is 6.06. The quantitative estimate of drug-likeness (QED) is 0.920. The van der Waals surface area contributed by atoms with E-state index in [0.29, 0.717) is 17.0 Å². The summed E-state index contributed by atoms with van der Waals surface area (Å²) < 4.78 is 27.8. The molecule has 0 bridgehead atoms. The average molecular weight is 282 g/mol. The van der Waals surface area contributed by atoms with Gasteiger partial charge in [0.15, 0.2) is 0 Å². The number of aryl methyl sites for hydroxylation is 1. The second-order valence-electron chi connectivity index (χ2n) is 6.06. The molecule has 0 amide bonds. The minimum absolute atomic E-state index is 0.119.